The van der Waals surface area contributed by atoms with E-state index < -0.39 is 36.5 Å². The number of aliphatic hydroxyl groups excluding tert-OH is 2. The quantitative estimate of drug-likeness (QED) is 0.480. The van der Waals surface area contributed by atoms with Crippen molar-refractivity contribution in [1.82, 2.24) is 19.5 Å². The van der Waals surface area contributed by atoms with E-state index in [1.165, 1.54) is 10.9 Å². The van der Waals surface area contributed by atoms with Gasteiger partial charge >= 0.3 is 0 Å². The summed E-state index contributed by atoms with van der Waals surface area (Å²) in [6.07, 6.45) is -1.44. The topological polar surface area (TPSA) is 159 Å². The van der Waals surface area contributed by atoms with Gasteiger partial charge in [0, 0.05) is 5.92 Å². The van der Waals surface area contributed by atoms with Crippen molar-refractivity contribution in [2.45, 2.75) is 32.3 Å². The number of ether oxygens (including phenoxy) is 1. The average Bonchev–Trinajstić information content (AvgIpc) is 3.15. The van der Waals surface area contributed by atoms with E-state index in [4.69, 9.17) is 4.74 Å². The minimum atomic E-state index is -1.25. The van der Waals surface area contributed by atoms with E-state index in [-0.39, 0.29) is 28.9 Å². The van der Waals surface area contributed by atoms with Crippen LogP contribution in [0.2, 0.25) is 0 Å². The van der Waals surface area contributed by atoms with Gasteiger partial charge in [-0.05, 0) is 0 Å². The number of nitrogens with zero attached hydrogens (tertiary/aromatic N) is 3. The van der Waals surface area contributed by atoms with Gasteiger partial charge in [-0.15, -0.1) is 0 Å². The van der Waals surface area contributed by atoms with Crippen LogP contribution in [-0.2, 0) is 14.3 Å². The van der Waals surface area contributed by atoms with Gasteiger partial charge in [0.25, 0.3) is 5.56 Å². The van der Waals surface area contributed by atoms with Crippen molar-refractivity contribution in [1.29, 1.82) is 0 Å². The van der Waals surface area contributed by atoms with Crippen LogP contribution < -0.4 is 10.9 Å². The molecule has 0 radical (unpaired) electrons. The number of imidazole rings is 1. The number of rotatable bonds is 5. The number of fused-ring (bicyclic) bond motifs is 1. The lowest BCUT2D eigenvalue weighted by atomic mass is 10.0. The van der Waals surface area contributed by atoms with E-state index in [0.717, 1.165) is 0 Å². The first-order valence-corrected chi connectivity index (χ1v) is 8.04. The molecule has 0 bridgehead atoms. The first-order chi connectivity index (χ1) is 12.4. The van der Waals surface area contributed by atoms with Crippen molar-refractivity contribution in [3.05, 3.63) is 16.7 Å². The van der Waals surface area contributed by atoms with Gasteiger partial charge in [-0.3, -0.25) is 24.5 Å². The normalized spacial score (nSPS) is 25.7. The van der Waals surface area contributed by atoms with Crippen molar-refractivity contribution in [3.63, 3.8) is 0 Å². The lowest BCUT2D eigenvalue weighted by Crippen LogP contribution is -2.29. The monoisotopic (exact) mass is 365 g/mol. The third kappa shape index (κ3) is 3.00. The Morgan fingerprint density at radius 2 is 2.27 bits per heavy atom. The summed E-state index contributed by atoms with van der Waals surface area (Å²) in [6, 6.07) is 0. The number of carbonyl (C=O) groups is 2. The van der Waals surface area contributed by atoms with Crippen molar-refractivity contribution >= 4 is 29.3 Å². The molecule has 140 valence electrons. The van der Waals surface area contributed by atoms with Gasteiger partial charge in [-0.2, -0.15) is 4.98 Å². The van der Waals surface area contributed by atoms with Crippen molar-refractivity contribution in [2.75, 3.05) is 11.9 Å². The zero-order chi connectivity index (χ0) is 19.0. The largest absolute Gasteiger partial charge is 0.394 e. The second kappa shape index (κ2) is 6.94. The highest BCUT2D eigenvalue weighted by molar-refractivity contribution is 5.91. The van der Waals surface area contributed by atoms with Crippen molar-refractivity contribution < 1.29 is 24.5 Å². The highest BCUT2D eigenvalue weighted by Crippen LogP contribution is 2.34. The van der Waals surface area contributed by atoms with Gasteiger partial charge in [-0.1, -0.05) is 13.8 Å². The molecule has 1 aliphatic heterocycles. The Labute approximate surface area is 147 Å². The summed E-state index contributed by atoms with van der Waals surface area (Å²) in [7, 11) is 0. The number of H-pyrrole nitrogens is 1. The highest BCUT2D eigenvalue weighted by atomic mass is 16.5. The third-order valence-electron chi connectivity index (χ3n) is 4.24. The van der Waals surface area contributed by atoms with E-state index in [0.29, 0.717) is 6.29 Å². The summed E-state index contributed by atoms with van der Waals surface area (Å²) in [4.78, 5) is 45.7. The summed E-state index contributed by atoms with van der Waals surface area (Å²) < 4.78 is 6.83. The molecule has 1 saturated heterocycles. The average molecular weight is 365 g/mol. The van der Waals surface area contributed by atoms with Crippen LogP contribution in [0.5, 0.6) is 0 Å². The zero-order valence-electron chi connectivity index (χ0n) is 14.1. The molecule has 4 N–H and O–H groups in total. The van der Waals surface area contributed by atoms with Crippen LogP contribution in [0.3, 0.4) is 0 Å². The van der Waals surface area contributed by atoms with Gasteiger partial charge in [0.1, 0.15) is 12.4 Å². The lowest BCUT2D eigenvalue weighted by molar-refractivity contribution is -0.119. The maximum Gasteiger partial charge on any atom is 0.280 e. The molecule has 1 fully saturated rings. The maximum atomic E-state index is 12.2. The summed E-state index contributed by atoms with van der Waals surface area (Å²) in [5.74, 6) is -1.65. The number of carbonyl (C=O) groups excluding carboxylic acids is 2. The lowest BCUT2D eigenvalue weighted by Gasteiger charge is -2.17. The van der Waals surface area contributed by atoms with E-state index in [1.807, 2.05) is 0 Å². The van der Waals surface area contributed by atoms with Gasteiger partial charge in [0.05, 0.1) is 25.0 Å². The SMILES string of the molecule is CC(C)C(=O)Nc1nc2c(ncn2C2OC(CO)C(C=O)C2O)c(=O)[nH]1. The summed E-state index contributed by atoms with van der Waals surface area (Å²) in [5, 5.41) is 22.1. The molecule has 11 heteroatoms. The smallest absolute Gasteiger partial charge is 0.280 e. The predicted octanol–water partition coefficient (Wildman–Crippen LogP) is -1.22. The fourth-order valence-electron chi connectivity index (χ4n) is 2.76. The number of anilines is 1. The van der Waals surface area contributed by atoms with Crippen molar-refractivity contribution in [2.24, 2.45) is 11.8 Å². The summed E-state index contributed by atoms with van der Waals surface area (Å²) >= 11 is 0. The Balaban J connectivity index is 2.02. The fourth-order valence-corrected chi connectivity index (χ4v) is 2.76. The number of aliphatic hydroxyl groups is 2. The molecule has 26 heavy (non-hydrogen) atoms. The molecule has 2 aromatic rings. The first-order valence-electron chi connectivity index (χ1n) is 8.04. The van der Waals surface area contributed by atoms with Crippen LogP contribution in [0.25, 0.3) is 11.2 Å². The molecule has 0 aliphatic carbocycles. The molecule has 3 rings (SSSR count). The zero-order valence-corrected chi connectivity index (χ0v) is 14.1. The number of nitrogens with one attached hydrogen (secondary N) is 2. The minimum absolute atomic E-state index is 0.0153. The molecule has 3 heterocycles. The van der Waals surface area contributed by atoms with Crippen LogP contribution in [0, 0.1) is 11.8 Å². The van der Waals surface area contributed by atoms with E-state index in [2.05, 4.69) is 20.3 Å². The Bertz CT molecular complexity index is 890. The van der Waals surface area contributed by atoms with Gasteiger partial charge < -0.3 is 19.7 Å². The van der Waals surface area contributed by atoms with Crippen molar-refractivity contribution in [3.8, 4) is 0 Å². The van der Waals surface area contributed by atoms with E-state index in [1.54, 1.807) is 13.8 Å². The molecule has 0 saturated carbocycles. The maximum absolute atomic E-state index is 12.2. The number of aldehydes is 1. The predicted molar refractivity (Wildman–Crippen MR) is 88.2 cm³/mol. The van der Waals surface area contributed by atoms with Crippen LogP contribution in [0.1, 0.15) is 20.1 Å². The standard InChI is InChI=1S/C15H19N5O6/c1-6(2)12(24)18-15-17-11-9(13(25)19-15)16-5-20(11)14-10(23)7(3-21)8(4-22)26-14/h3,5-8,10,14,22-23H,4H2,1-2H3,(H2,17,18,19,24,25). The Hall–Kier alpha value is -2.63. The van der Waals surface area contributed by atoms with Crippen LogP contribution in [0.15, 0.2) is 11.1 Å². The Morgan fingerprint density at radius 3 is 2.85 bits per heavy atom. The molecule has 4 unspecified atom stereocenters. The number of amides is 1. The number of hydrogen-bond acceptors (Lipinski definition) is 8. The molecular weight excluding hydrogens is 346 g/mol. The number of hydrogen-bond donors (Lipinski definition) is 4. The minimum Gasteiger partial charge on any atom is -0.394 e. The van der Waals surface area contributed by atoms with Crippen LogP contribution >= 0.6 is 0 Å². The second-order valence-electron chi connectivity index (χ2n) is 6.33. The Morgan fingerprint density at radius 1 is 1.54 bits per heavy atom. The molecule has 0 spiro atoms. The second-order valence-corrected chi connectivity index (χ2v) is 6.33. The molecule has 11 nitrogen and oxygen atoms in total. The molecule has 1 aliphatic rings. The first kappa shape index (κ1) is 18.2. The van der Waals surface area contributed by atoms with Gasteiger partial charge in [-0.25, -0.2) is 4.98 Å². The van der Waals surface area contributed by atoms with Gasteiger partial charge in [0.15, 0.2) is 17.4 Å². The Kier molecular flexibility index (Phi) is 4.85. The molecule has 1 amide bonds. The van der Waals surface area contributed by atoms with Gasteiger partial charge in [0.2, 0.25) is 11.9 Å². The molecule has 2 aromatic heterocycles. The third-order valence-corrected chi connectivity index (χ3v) is 4.24. The highest BCUT2D eigenvalue weighted by Gasteiger charge is 2.44. The summed E-state index contributed by atoms with van der Waals surface area (Å²) in [5.41, 5.74) is -0.524. The fraction of sp³-hybridized carbons (Fsp3) is 0.533. The van der Waals surface area contributed by atoms with Crippen LogP contribution in [0.4, 0.5) is 5.95 Å². The number of aromatic nitrogens is 4. The molecular formula is C15H19N5O6. The molecule has 0 aromatic carbocycles. The molecule has 4 atom stereocenters. The number of aromatic amines is 1. The van der Waals surface area contributed by atoms with Crippen LogP contribution in [-0.4, -0.2) is 60.7 Å². The van der Waals surface area contributed by atoms with E-state index >= 15 is 0 Å². The van der Waals surface area contributed by atoms with E-state index in [9.17, 15) is 24.6 Å². The summed E-state index contributed by atoms with van der Waals surface area (Å²) in [6.45, 7) is 2.92.